The highest BCUT2D eigenvalue weighted by atomic mass is 16.3. The van der Waals surface area contributed by atoms with Crippen LogP contribution in [0.4, 0.5) is 0 Å². The van der Waals surface area contributed by atoms with E-state index in [-0.39, 0.29) is 35.6 Å². The van der Waals surface area contributed by atoms with E-state index in [0.717, 1.165) is 64.2 Å². The van der Waals surface area contributed by atoms with Crippen LogP contribution in [0.2, 0.25) is 0 Å². The Morgan fingerprint density at radius 3 is 2.00 bits per heavy atom. The molecule has 0 aromatic heterocycles. The Balaban J connectivity index is 1.66. The number of benzene rings is 1. The first kappa shape index (κ1) is 23.1. The third-order valence-corrected chi connectivity index (χ3v) is 7.95. The number of phenols is 1. The second-order valence-electron chi connectivity index (χ2n) is 10.2. The second-order valence-corrected chi connectivity index (χ2v) is 10.2. The van der Waals surface area contributed by atoms with Crippen molar-refractivity contribution in [2.24, 2.45) is 5.92 Å². The molecule has 1 aromatic carbocycles. The van der Waals surface area contributed by atoms with Crippen LogP contribution in [0.15, 0.2) is 24.3 Å². The van der Waals surface area contributed by atoms with E-state index >= 15 is 0 Å². The minimum atomic E-state index is -0.438. The van der Waals surface area contributed by atoms with Gasteiger partial charge in [-0.2, -0.15) is 0 Å². The SMILES string of the molecule is O=C(NC1CCCCC1)C(C1CCCCC1)N(C(=O)c1ccccc1O)C1CCCCC1. The molecule has 3 fully saturated rings. The molecule has 2 amide bonds. The van der Waals surface area contributed by atoms with Gasteiger partial charge in [0, 0.05) is 12.1 Å². The zero-order chi connectivity index (χ0) is 22.3. The quantitative estimate of drug-likeness (QED) is 0.608. The van der Waals surface area contributed by atoms with Crippen LogP contribution in [0, 0.1) is 5.92 Å². The number of phenolic OH excluding ortho intramolecular Hbond substituents is 1. The fourth-order valence-corrected chi connectivity index (χ4v) is 6.22. The molecule has 0 bridgehead atoms. The van der Waals surface area contributed by atoms with Gasteiger partial charge < -0.3 is 15.3 Å². The minimum absolute atomic E-state index is 0.00777. The lowest BCUT2D eigenvalue weighted by Gasteiger charge is -2.44. The molecule has 2 N–H and O–H groups in total. The standard InChI is InChI=1S/C27H40N2O3/c30-24-19-11-10-18-23(24)27(32)29(22-16-8-3-9-17-22)25(20-12-4-1-5-13-20)26(31)28-21-14-6-2-7-15-21/h10-11,18-22,25,30H,1-9,12-17H2,(H,28,31). The Labute approximate surface area is 193 Å². The molecule has 1 unspecified atom stereocenters. The maximum absolute atomic E-state index is 13.9. The van der Waals surface area contributed by atoms with Crippen molar-refractivity contribution in [2.45, 2.75) is 114 Å². The largest absolute Gasteiger partial charge is 0.507 e. The predicted octanol–water partition coefficient (Wildman–Crippen LogP) is 5.56. The molecular weight excluding hydrogens is 400 g/mol. The number of nitrogens with one attached hydrogen (secondary N) is 1. The van der Waals surface area contributed by atoms with Crippen molar-refractivity contribution in [3.63, 3.8) is 0 Å². The van der Waals surface area contributed by atoms with Crippen LogP contribution in [-0.4, -0.2) is 39.9 Å². The zero-order valence-electron chi connectivity index (χ0n) is 19.4. The molecular formula is C27H40N2O3. The van der Waals surface area contributed by atoms with Crippen molar-refractivity contribution in [1.29, 1.82) is 0 Å². The highest BCUT2D eigenvalue weighted by Crippen LogP contribution is 2.35. The van der Waals surface area contributed by atoms with Gasteiger partial charge in [0.15, 0.2) is 0 Å². The summed E-state index contributed by atoms with van der Waals surface area (Å²) in [5.74, 6) is 0.0694. The van der Waals surface area contributed by atoms with Crippen LogP contribution in [0.1, 0.15) is 107 Å². The molecule has 5 nitrogen and oxygen atoms in total. The second kappa shape index (κ2) is 11.2. The van der Waals surface area contributed by atoms with E-state index in [9.17, 15) is 14.7 Å². The van der Waals surface area contributed by atoms with Crippen LogP contribution < -0.4 is 5.32 Å². The number of carbonyl (C=O) groups excluding carboxylic acids is 2. The summed E-state index contributed by atoms with van der Waals surface area (Å²) >= 11 is 0. The average Bonchev–Trinajstić information content (AvgIpc) is 2.84. The fourth-order valence-electron chi connectivity index (χ4n) is 6.22. The normalized spacial score (nSPS) is 22.2. The third-order valence-electron chi connectivity index (χ3n) is 7.95. The number of carbonyl (C=O) groups is 2. The van der Waals surface area contributed by atoms with Crippen molar-refractivity contribution in [2.75, 3.05) is 0 Å². The predicted molar refractivity (Wildman–Crippen MR) is 127 cm³/mol. The van der Waals surface area contributed by atoms with Crippen LogP contribution in [0.5, 0.6) is 5.75 Å². The number of amides is 2. The van der Waals surface area contributed by atoms with E-state index in [1.807, 2.05) is 4.90 Å². The van der Waals surface area contributed by atoms with Gasteiger partial charge in [-0.05, 0) is 56.6 Å². The molecule has 3 saturated carbocycles. The highest BCUT2D eigenvalue weighted by molar-refractivity contribution is 6.00. The van der Waals surface area contributed by atoms with Crippen molar-refractivity contribution in [3.05, 3.63) is 29.8 Å². The first-order valence-electron chi connectivity index (χ1n) is 13.1. The third kappa shape index (κ3) is 5.47. The molecule has 176 valence electrons. The fraction of sp³-hybridized carbons (Fsp3) is 0.704. The van der Waals surface area contributed by atoms with Gasteiger partial charge in [0.05, 0.1) is 5.56 Å². The molecule has 0 saturated heterocycles. The first-order valence-corrected chi connectivity index (χ1v) is 13.1. The van der Waals surface area contributed by atoms with E-state index in [0.29, 0.717) is 5.56 Å². The van der Waals surface area contributed by atoms with Gasteiger partial charge in [-0.3, -0.25) is 9.59 Å². The number of hydrogen-bond donors (Lipinski definition) is 2. The Kier molecular flexibility index (Phi) is 8.10. The summed E-state index contributed by atoms with van der Waals surface area (Å²) in [5.41, 5.74) is 0.323. The van der Waals surface area contributed by atoms with Crippen molar-refractivity contribution < 1.29 is 14.7 Å². The van der Waals surface area contributed by atoms with Gasteiger partial charge in [-0.1, -0.05) is 69.9 Å². The molecule has 0 heterocycles. The van der Waals surface area contributed by atoms with Gasteiger partial charge in [-0.25, -0.2) is 0 Å². The summed E-state index contributed by atoms with van der Waals surface area (Å²) in [6.45, 7) is 0. The Bertz CT molecular complexity index is 762. The van der Waals surface area contributed by atoms with Gasteiger partial charge in [0.25, 0.3) is 5.91 Å². The zero-order valence-corrected chi connectivity index (χ0v) is 19.4. The highest BCUT2D eigenvalue weighted by Gasteiger charge is 2.42. The van der Waals surface area contributed by atoms with Gasteiger partial charge >= 0.3 is 0 Å². The molecule has 5 heteroatoms. The van der Waals surface area contributed by atoms with Crippen LogP contribution >= 0.6 is 0 Å². The molecule has 1 aromatic rings. The van der Waals surface area contributed by atoms with Crippen molar-refractivity contribution in [3.8, 4) is 5.75 Å². The number of nitrogens with zero attached hydrogens (tertiary/aromatic N) is 1. The topological polar surface area (TPSA) is 69.6 Å². The smallest absolute Gasteiger partial charge is 0.258 e. The van der Waals surface area contributed by atoms with Gasteiger partial charge in [0.1, 0.15) is 11.8 Å². The minimum Gasteiger partial charge on any atom is -0.507 e. The summed E-state index contributed by atoms with van der Waals surface area (Å²) < 4.78 is 0. The Hall–Kier alpha value is -2.04. The monoisotopic (exact) mass is 440 g/mol. The van der Waals surface area contributed by atoms with Crippen LogP contribution in [-0.2, 0) is 4.79 Å². The summed E-state index contributed by atoms with van der Waals surface area (Å²) in [6.07, 6.45) is 16.4. The molecule has 3 aliphatic carbocycles. The molecule has 0 spiro atoms. The molecule has 3 aliphatic rings. The van der Waals surface area contributed by atoms with Crippen LogP contribution in [0.3, 0.4) is 0 Å². The summed E-state index contributed by atoms with van der Waals surface area (Å²) in [4.78, 5) is 29.7. The summed E-state index contributed by atoms with van der Waals surface area (Å²) in [5, 5.41) is 13.8. The number of aromatic hydroxyl groups is 1. The molecule has 1 atom stereocenters. The van der Waals surface area contributed by atoms with E-state index in [4.69, 9.17) is 0 Å². The van der Waals surface area contributed by atoms with Crippen LogP contribution in [0.25, 0.3) is 0 Å². The molecule has 0 radical (unpaired) electrons. The van der Waals surface area contributed by atoms with E-state index in [1.165, 1.54) is 32.1 Å². The lowest BCUT2D eigenvalue weighted by atomic mass is 9.80. The summed E-state index contributed by atoms with van der Waals surface area (Å²) in [7, 11) is 0. The van der Waals surface area contributed by atoms with Crippen molar-refractivity contribution in [1.82, 2.24) is 10.2 Å². The molecule has 32 heavy (non-hydrogen) atoms. The van der Waals surface area contributed by atoms with E-state index in [2.05, 4.69) is 5.32 Å². The number of para-hydroxylation sites is 1. The average molecular weight is 441 g/mol. The maximum atomic E-state index is 13.9. The van der Waals surface area contributed by atoms with Gasteiger partial charge in [0.2, 0.25) is 5.91 Å². The van der Waals surface area contributed by atoms with E-state index < -0.39 is 6.04 Å². The van der Waals surface area contributed by atoms with E-state index in [1.54, 1.807) is 24.3 Å². The van der Waals surface area contributed by atoms with Crippen molar-refractivity contribution >= 4 is 11.8 Å². The number of hydrogen-bond acceptors (Lipinski definition) is 3. The molecule has 0 aliphatic heterocycles. The van der Waals surface area contributed by atoms with Gasteiger partial charge in [-0.15, -0.1) is 0 Å². The lowest BCUT2D eigenvalue weighted by Crippen LogP contribution is -2.59. The first-order chi connectivity index (χ1) is 15.6. The molecule has 4 rings (SSSR count). The Morgan fingerprint density at radius 1 is 0.812 bits per heavy atom. The summed E-state index contributed by atoms with van der Waals surface area (Å²) in [6, 6.07) is 6.67. The Morgan fingerprint density at radius 2 is 1.38 bits per heavy atom. The lowest BCUT2D eigenvalue weighted by molar-refractivity contribution is -0.130. The maximum Gasteiger partial charge on any atom is 0.258 e. The number of rotatable bonds is 6.